The van der Waals surface area contributed by atoms with Gasteiger partial charge in [0.1, 0.15) is 0 Å². The third kappa shape index (κ3) is 3.14. The highest BCUT2D eigenvalue weighted by atomic mass is 32.2. The average molecular weight is 306 g/mol. The van der Waals surface area contributed by atoms with Crippen molar-refractivity contribution in [1.82, 2.24) is 18.8 Å². The van der Waals surface area contributed by atoms with Gasteiger partial charge < -0.3 is 4.57 Å². The molecule has 112 valence electrons. The summed E-state index contributed by atoms with van der Waals surface area (Å²) < 4.78 is 26.8. The lowest BCUT2D eigenvalue weighted by atomic mass is 9.95. The van der Waals surface area contributed by atoms with Crippen molar-refractivity contribution in [2.75, 3.05) is 19.3 Å². The second-order valence-corrected chi connectivity index (χ2v) is 7.35. The Labute approximate surface area is 124 Å². The number of imidazole rings is 1. The van der Waals surface area contributed by atoms with Crippen molar-refractivity contribution in [2.45, 2.75) is 18.8 Å². The first kappa shape index (κ1) is 14.2. The van der Waals surface area contributed by atoms with E-state index in [0.29, 0.717) is 13.1 Å². The summed E-state index contributed by atoms with van der Waals surface area (Å²) in [5.41, 5.74) is 1.90. The summed E-state index contributed by atoms with van der Waals surface area (Å²) in [6.07, 6.45) is 10.2. The van der Waals surface area contributed by atoms with Gasteiger partial charge in [0.2, 0.25) is 10.0 Å². The van der Waals surface area contributed by atoms with Crippen molar-refractivity contribution in [3.63, 3.8) is 0 Å². The van der Waals surface area contributed by atoms with Crippen molar-refractivity contribution in [2.24, 2.45) is 0 Å². The quantitative estimate of drug-likeness (QED) is 0.860. The molecule has 0 radical (unpaired) electrons. The van der Waals surface area contributed by atoms with Gasteiger partial charge in [0.25, 0.3) is 0 Å². The Morgan fingerprint density at radius 3 is 2.81 bits per heavy atom. The monoisotopic (exact) mass is 306 g/mol. The van der Waals surface area contributed by atoms with Crippen LogP contribution < -0.4 is 0 Å². The first-order valence-electron chi connectivity index (χ1n) is 6.93. The molecular weight excluding hydrogens is 288 g/mol. The van der Waals surface area contributed by atoms with E-state index >= 15 is 0 Å². The smallest absolute Gasteiger partial charge is 0.211 e. The molecule has 21 heavy (non-hydrogen) atoms. The van der Waals surface area contributed by atoms with Crippen LogP contribution in [0.25, 0.3) is 5.69 Å². The van der Waals surface area contributed by atoms with Crippen molar-refractivity contribution in [3.05, 3.63) is 42.7 Å². The summed E-state index contributed by atoms with van der Waals surface area (Å²) >= 11 is 0. The average Bonchev–Trinajstić information content (AvgIpc) is 3.01. The van der Waals surface area contributed by atoms with Crippen molar-refractivity contribution in [1.29, 1.82) is 0 Å². The van der Waals surface area contributed by atoms with Gasteiger partial charge in [0.15, 0.2) is 0 Å². The van der Waals surface area contributed by atoms with Gasteiger partial charge in [-0.15, -0.1) is 0 Å². The zero-order valence-electron chi connectivity index (χ0n) is 11.9. The number of nitrogens with zero attached hydrogens (tertiary/aromatic N) is 4. The fourth-order valence-electron chi connectivity index (χ4n) is 2.69. The fraction of sp³-hybridized carbons (Fsp3) is 0.429. The van der Waals surface area contributed by atoms with E-state index in [-0.39, 0.29) is 5.92 Å². The normalized spacial score (nSPS) is 20.5. The predicted octanol–water partition coefficient (Wildman–Crippen LogP) is 1.41. The molecule has 0 unspecified atom stereocenters. The van der Waals surface area contributed by atoms with E-state index in [9.17, 15) is 8.42 Å². The molecule has 6 nitrogen and oxygen atoms in total. The van der Waals surface area contributed by atoms with Gasteiger partial charge in [-0.2, -0.15) is 0 Å². The van der Waals surface area contributed by atoms with Crippen LogP contribution in [0.4, 0.5) is 0 Å². The zero-order valence-corrected chi connectivity index (χ0v) is 12.7. The number of hydrogen-bond donors (Lipinski definition) is 0. The van der Waals surface area contributed by atoms with Gasteiger partial charge in [0, 0.05) is 37.1 Å². The van der Waals surface area contributed by atoms with Gasteiger partial charge in [-0.3, -0.25) is 4.98 Å². The predicted molar refractivity (Wildman–Crippen MR) is 79.8 cm³/mol. The van der Waals surface area contributed by atoms with Crippen LogP contribution in [-0.2, 0) is 10.0 Å². The van der Waals surface area contributed by atoms with E-state index < -0.39 is 10.0 Å². The van der Waals surface area contributed by atoms with E-state index in [1.165, 1.54) is 6.26 Å². The van der Waals surface area contributed by atoms with Gasteiger partial charge in [-0.1, -0.05) is 0 Å². The van der Waals surface area contributed by atoms with Crippen molar-refractivity contribution < 1.29 is 8.42 Å². The van der Waals surface area contributed by atoms with Gasteiger partial charge in [-0.05, 0) is 25.0 Å². The fourth-order valence-corrected chi connectivity index (χ4v) is 3.60. The number of sulfonamides is 1. The van der Waals surface area contributed by atoms with E-state index in [2.05, 4.69) is 9.97 Å². The zero-order chi connectivity index (χ0) is 14.9. The van der Waals surface area contributed by atoms with Crippen LogP contribution in [-0.4, -0.2) is 46.6 Å². The molecule has 2 aromatic heterocycles. The van der Waals surface area contributed by atoms with Crippen LogP contribution in [0, 0.1) is 0 Å². The maximum Gasteiger partial charge on any atom is 0.211 e. The number of pyridine rings is 1. The first-order chi connectivity index (χ1) is 10.0. The maximum atomic E-state index is 11.7. The molecule has 0 aliphatic carbocycles. The lowest BCUT2D eigenvalue weighted by Crippen LogP contribution is -2.38. The number of rotatable bonds is 3. The lowest BCUT2D eigenvalue weighted by Gasteiger charge is -2.30. The topological polar surface area (TPSA) is 68.1 Å². The number of hydrogen-bond acceptors (Lipinski definition) is 4. The minimum absolute atomic E-state index is 0.172. The number of aromatic nitrogens is 3. The molecule has 0 aromatic carbocycles. The van der Waals surface area contributed by atoms with E-state index in [1.54, 1.807) is 23.0 Å². The van der Waals surface area contributed by atoms with E-state index in [4.69, 9.17) is 0 Å². The van der Waals surface area contributed by atoms with Crippen LogP contribution in [0.5, 0.6) is 0 Å². The minimum Gasteiger partial charge on any atom is -0.305 e. The van der Waals surface area contributed by atoms with Gasteiger partial charge >= 0.3 is 0 Å². The molecule has 0 amide bonds. The Balaban J connectivity index is 1.78. The highest BCUT2D eigenvalue weighted by molar-refractivity contribution is 7.88. The molecule has 0 bridgehead atoms. The summed E-state index contributed by atoms with van der Waals surface area (Å²) in [6.45, 7) is 1.14. The van der Waals surface area contributed by atoms with E-state index in [1.807, 2.05) is 22.9 Å². The third-order valence-corrected chi connectivity index (χ3v) is 5.11. The molecule has 1 aliphatic rings. The third-order valence-electron chi connectivity index (χ3n) is 3.84. The van der Waals surface area contributed by atoms with Crippen LogP contribution in [0.2, 0.25) is 0 Å². The summed E-state index contributed by atoms with van der Waals surface area (Å²) in [4.78, 5) is 8.51. The summed E-state index contributed by atoms with van der Waals surface area (Å²) in [7, 11) is -3.12. The largest absolute Gasteiger partial charge is 0.305 e. The molecule has 3 rings (SSSR count). The molecule has 3 heterocycles. The first-order valence-corrected chi connectivity index (χ1v) is 8.78. The highest BCUT2D eigenvalue weighted by Crippen LogP contribution is 2.27. The van der Waals surface area contributed by atoms with Crippen LogP contribution >= 0.6 is 0 Å². The minimum atomic E-state index is -3.12. The molecule has 1 fully saturated rings. The standard InChI is InChI=1S/C14H18N4O2S/c1-21(19,20)18-7-2-3-12(10-18)14-5-4-13(9-16-14)17-8-6-15-11-17/h4-6,8-9,11-12H,2-3,7,10H2,1H3/t12-/m0/s1. The molecule has 0 saturated carbocycles. The van der Waals surface area contributed by atoms with Crippen molar-refractivity contribution >= 4 is 10.0 Å². The van der Waals surface area contributed by atoms with Crippen LogP contribution in [0.3, 0.4) is 0 Å². The van der Waals surface area contributed by atoms with Crippen LogP contribution in [0.15, 0.2) is 37.1 Å². The summed E-state index contributed by atoms with van der Waals surface area (Å²) in [5, 5.41) is 0. The SMILES string of the molecule is CS(=O)(=O)N1CCC[C@H](c2ccc(-n3ccnc3)cn2)C1. The second kappa shape index (κ2) is 5.57. The molecule has 7 heteroatoms. The Kier molecular flexibility index (Phi) is 3.77. The van der Waals surface area contributed by atoms with Gasteiger partial charge in [-0.25, -0.2) is 17.7 Å². The second-order valence-electron chi connectivity index (χ2n) is 5.37. The Morgan fingerprint density at radius 2 is 2.19 bits per heavy atom. The molecule has 2 aromatic rings. The Morgan fingerprint density at radius 1 is 1.33 bits per heavy atom. The maximum absolute atomic E-state index is 11.7. The molecule has 0 N–H and O–H groups in total. The molecule has 1 atom stereocenters. The highest BCUT2D eigenvalue weighted by Gasteiger charge is 2.27. The molecule has 1 saturated heterocycles. The summed E-state index contributed by atoms with van der Waals surface area (Å²) in [6, 6.07) is 3.97. The lowest BCUT2D eigenvalue weighted by molar-refractivity contribution is 0.314. The molecule has 1 aliphatic heterocycles. The van der Waals surface area contributed by atoms with Crippen molar-refractivity contribution in [3.8, 4) is 5.69 Å². The molecule has 0 spiro atoms. The van der Waals surface area contributed by atoms with E-state index in [0.717, 1.165) is 24.2 Å². The van der Waals surface area contributed by atoms with Crippen LogP contribution in [0.1, 0.15) is 24.5 Å². The number of piperidine rings is 1. The summed E-state index contributed by atoms with van der Waals surface area (Å²) in [5.74, 6) is 0.172. The Bertz CT molecular complexity index is 695. The molecular formula is C14H18N4O2S. The Hall–Kier alpha value is -1.73. The van der Waals surface area contributed by atoms with Gasteiger partial charge in [0.05, 0.1) is 24.5 Å².